The molecule has 0 aliphatic carbocycles. The van der Waals surface area contributed by atoms with E-state index in [9.17, 15) is 18.5 Å². The highest BCUT2D eigenvalue weighted by molar-refractivity contribution is 7.90. The van der Waals surface area contributed by atoms with Gasteiger partial charge in [-0.15, -0.1) is 11.6 Å². The van der Waals surface area contributed by atoms with Gasteiger partial charge in [-0.05, 0) is 12.5 Å². The van der Waals surface area contributed by atoms with E-state index < -0.39 is 14.8 Å². The first-order valence-electron chi connectivity index (χ1n) is 6.00. The van der Waals surface area contributed by atoms with Gasteiger partial charge in [0.15, 0.2) is 11.5 Å². The third-order valence-corrected chi connectivity index (χ3v) is 3.94. The van der Waals surface area contributed by atoms with Gasteiger partial charge in [-0.1, -0.05) is 0 Å². The van der Waals surface area contributed by atoms with Crippen LogP contribution in [0.15, 0.2) is 12.1 Å². The van der Waals surface area contributed by atoms with Crippen LogP contribution in [-0.2, 0) is 15.7 Å². The number of nitro benzene ring substituents is 1. The Balaban J connectivity index is 2.90. The van der Waals surface area contributed by atoms with Crippen molar-refractivity contribution < 1.29 is 22.8 Å². The summed E-state index contributed by atoms with van der Waals surface area (Å²) in [5.41, 5.74) is 0.158. The van der Waals surface area contributed by atoms with Crippen LogP contribution >= 0.6 is 11.6 Å². The molecule has 0 atom stereocenters. The van der Waals surface area contributed by atoms with Crippen LogP contribution in [0.2, 0.25) is 0 Å². The predicted molar refractivity (Wildman–Crippen MR) is 79.0 cm³/mol. The Morgan fingerprint density at radius 2 is 2.00 bits per heavy atom. The van der Waals surface area contributed by atoms with Crippen molar-refractivity contribution in [2.75, 3.05) is 25.7 Å². The Bertz CT molecular complexity index is 616. The van der Waals surface area contributed by atoms with E-state index in [1.54, 1.807) is 0 Å². The van der Waals surface area contributed by atoms with Gasteiger partial charge in [0.05, 0.1) is 36.3 Å². The van der Waals surface area contributed by atoms with Crippen molar-refractivity contribution in [3.8, 4) is 11.5 Å². The van der Waals surface area contributed by atoms with Gasteiger partial charge in [0.25, 0.3) is 5.69 Å². The van der Waals surface area contributed by atoms with Crippen molar-refractivity contribution in [2.45, 2.75) is 12.3 Å². The summed E-state index contributed by atoms with van der Waals surface area (Å²) in [5.74, 6) is 0.459. The number of halogens is 1. The van der Waals surface area contributed by atoms with Gasteiger partial charge < -0.3 is 9.47 Å². The Morgan fingerprint density at radius 3 is 2.48 bits per heavy atom. The second-order valence-electron chi connectivity index (χ2n) is 4.35. The second-order valence-corrected chi connectivity index (χ2v) is 6.88. The van der Waals surface area contributed by atoms with Gasteiger partial charge in [0, 0.05) is 11.8 Å². The number of methoxy groups -OCH3 is 1. The molecule has 7 nitrogen and oxygen atoms in total. The highest BCUT2D eigenvalue weighted by Crippen LogP contribution is 2.35. The Kier molecular flexibility index (Phi) is 6.22. The van der Waals surface area contributed by atoms with Crippen LogP contribution in [0, 0.1) is 10.1 Å². The van der Waals surface area contributed by atoms with Gasteiger partial charge >= 0.3 is 0 Å². The molecule has 0 fully saturated rings. The van der Waals surface area contributed by atoms with E-state index in [1.807, 2.05) is 0 Å². The van der Waals surface area contributed by atoms with Crippen LogP contribution in [0.25, 0.3) is 0 Å². The first-order chi connectivity index (χ1) is 9.78. The number of hydrogen-bond acceptors (Lipinski definition) is 6. The van der Waals surface area contributed by atoms with Crippen molar-refractivity contribution in [3.05, 3.63) is 27.8 Å². The molecular weight excluding hydrogens is 322 g/mol. The highest BCUT2D eigenvalue weighted by Gasteiger charge is 2.19. The molecular formula is C12H16ClNO6S. The normalized spacial score (nSPS) is 11.2. The number of sulfone groups is 1. The maximum atomic E-state index is 11.0. The Labute approximate surface area is 127 Å². The van der Waals surface area contributed by atoms with Crippen molar-refractivity contribution in [2.24, 2.45) is 0 Å². The first-order valence-corrected chi connectivity index (χ1v) is 8.59. The summed E-state index contributed by atoms with van der Waals surface area (Å²) in [4.78, 5) is 10.4. The molecule has 0 saturated carbocycles. The molecule has 118 valence electrons. The van der Waals surface area contributed by atoms with E-state index in [2.05, 4.69) is 0 Å². The van der Waals surface area contributed by atoms with Gasteiger partial charge in [-0.25, -0.2) is 8.42 Å². The molecule has 1 rings (SSSR count). The molecule has 0 aliphatic heterocycles. The molecule has 0 N–H and O–H groups in total. The molecule has 0 saturated heterocycles. The van der Waals surface area contributed by atoms with Crippen molar-refractivity contribution in [1.29, 1.82) is 0 Å². The quantitative estimate of drug-likeness (QED) is 0.312. The maximum Gasteiger partial charge on any atom is 0.277 e. The zero-order valence-corrected chi connectivity index (χ0v) is 13.2. The standard InChI is InChI=1S/C12H16ClNO6S/c1-19-11-6-9(8-13)10(14(15)16)7-12(11)20-4-3-5-21(2,17)18/h6-7H,3-5,8H2,1-2H3. The second kappa shape index (κ2) is 7.46. The zero-order chi connectivity index (χ0) is 16.0. The van der Waals surface area contributed by atoms with Gasteiger partial charge in [0.1, 0.15) is 9.84 Å². The van der Waals surface area contributed by atoms with E-state index in [1.165, 1.54) is 19.2 Å². The molecule has 0 aliphatic rings. The van der Waals surface area contributed by atoms with Gasteiger partial charge in [-0.3, -0.25) is 10.1 Å². The summed E-state index contributed by atoms with van der Waals surface area (Å²) in [6, 6.07) is 2.67. The molecule has 21 heavy (non-hydrogen) atoms. The lowest BCUT2D eigenvalue weighted by Crippen LogP contribution is -2.08. The van der Waals surface area contributed by atoms with Crippen LogP contribution in [0.1, 0.15) is 12.0 Å². The van der Waals surface area contributed by atoms with Gasteiger partial charge in [-0.2, -0.15) is 0 Å². The minimum Gasteiger partial charge on any atom is -0.493 e. The molecule has 0 heterocycles. The average Bonchev–Trinajstić information content (AvgIpc) is 2.41. The number of alkyl halides is 1. The summed E-state index contributed by atoms with van der Waals surface area (Å²) >= 11 is 5.67. The fourth-order valence-electron chi connectivity index (χ4n) is 1.64. The van der Waals surface area contributed by atoms with E-state index in [0.717, 1.165) is 6.26 Å². The Hall–Kier alpha value is -1.54. The fraction of sp³-hybridized carbons (Fsp3) is 0.500. The van der Waals surface area contributed by atoms with Crippen LogP contribution in [-0.4, -0.2) is 39.1 Å². The number of nitro groups is 1. The number of ether oxygens (including phenoxy) is 2. The van der Waals surface area contributed by atoms with Crippen LogP contribution in [0.4, 0.5) is 5.69 Å². The number of nitrogens with zero attached hydrogens (tertiary/aromatic N) is 1. The minimum absolute atomic E-state index is 0.0167. The number of hydrogen-bond donors (Lipinski definition) is 0. The van der Waals surface area contributed by atoms with Crippen molar-refractivity contribution in [1.82, 2.24) is 0 Å². The lowest BCUT2D eigenvalue weighted by molar-refractivity contribution is -0.385. The van der Waals surface area contributed by atoms with Crippen molar-refractivity contribution >= 4 is 27.1 Å². The van der Waals surface area contributed by atoms with Crippen LogP contribution < -0.4 is 9.47 Å². The lowest BCUT2D eigenvalue weighted by atomic mass is 10.2. The molecule has 0 unspecified atom stereocenters. The molecule has 0 bridgehead atoms. The molecule has 0 spiro atoms. The topological polar surface area (TPSA) is 95.7 Å². The number of rotatable bonds is 8. The summed E-state index contributed by atoms with van der Waals surface area (Å²) < 4.78 is 32.5. The molecule has 9 heteroatoms. The lowest BCUT2D eigenvalue weighted by Gasteiger charge is -2.12. The number of benzene rings is 1. The SMILES string of the molecule is COc1cc(CCl)c([N+](=O)[O-])cc1OCCCS(C)(=O)=O. The molecule has 0 radical (unpaired) electrons. The molecule has 1 aromatic carbocycles. The molecule has 0 amide bonds. The van der Waals surface area contributed by atoms with E-state index in [4.69, 9.17) is 21.1 Å². The maximum absolute atomic E-state index is 11.0. The average molecular weight is 338 g/mol. The molecule has 1 aromatic rings. The summed E-state index contributed by atoms with van der Waals surface area (Å²) in [5, 5.41) is 11.0. The monoisotopic (exact) mass is 337 g/mol. The zero-order valence-electron chi connectivity index (χ0n) is 11.7. The van der Waals surface area contributed by atoms with Gasteiger partial charge in [0.2, 0.25) is 0 Å². The highest BCUT2D eigenvalue weighted by atomic mass is 35.5. The van der Waals surface area contributed by atoms with Crippen LogP contribution in [0.5, 0.6) is 11.5 Å². The Morgan fingerprint density at radius 1 is 1.33 bits per heavy atom. The fourth-order valence-corrected chi connectivity index (χ4v) is 2.50. The summed E-state index contributed by atoms with van der Waals surface area (Å²) in [6.07, 6.45) is 1.42. The summed E-state index contributed by atoms with van der Waals surface area (Å²) in [7, 11) is -1.66. The van der Waals surface area contributed by atoms with Crippen molar-refractivity contribution in [3.63, 3.8) is 0 Å². The smallest absolute Gasteiger partial charge is 0.277 e. The first kappa shape index (κ1) is 17.5. The van der Waals surface area contributed by atoms with E-state index >= 15 is 0 Å². The summed E-state index contributed by atoms with van der Waals surface area (Å²) in [6.45, 7) is 0.112. The van der Waals surface area contributed by atoms with E-state index in [-0.39, 0.29) is 36.1 Å². The van der Waals surface area contributed by atoms with E-state index in [0.29, 0.717) is 11.3 Å². The van der Waals surface area contributed by atoms with Crippen LogP contribution in [0.3, 0.4) is 0 Å². The largest absolute Gasteiger partial charge is 0.493 e. The minimum atomic E-state index is -3.06. The molecule has 0 aromatic heterocycles. The third kappa shape index (κ3) is 5.39. The predicted octanol–water partition coefficient (Wildman–Crippen LogP) is 2.16. The third-order valence-electron chi connectivity index (χ3n) is 2.62.